The second-order valence-corrected chi connectivity index (χ2v) is 6.33. The predicted octanol–water partition coefficient (Wildman–Crippen LogP) is 5.37. The first kappa shape index (κ1) is 19.1. The van der Waals surface area contributed by atoms with E-state index in [-0.39, 0.29) is 7.43 Å². The molecule has 0 fully saturated rings. The molecule has 0 saturated heterocycles. The van der Waals surface area contributed by atoms with Crippen LogP contribution in [-0.4, -0.2) is 15.0 Å². The van der Waals surface area contributed by atoms with E-state index in [0.717, 1.165) is 34.7 Å². The van der Waals surface area contributed by atoms with Gasteiger partial charge in [0.1, 0.15) is 5.69 Å². The van der Waals surface area contributed by atoms with Gasteiger partial charge in [-0.05, 0) is 11.6 Å². The third kappa shape index (κ3) is 3.56. The van der Waals surface area contributed by atoms with Gasteiger partial charge in [0.2, 0.25) is 0 Å². The first-order valence-corrected chi connectivity index (χ1v) is 8.61. The lowest BCUT2D eigenvalue weighted by molar-refractivity contribution is 0.720. The van der Waals surface area contributed by atoms with Gasteiger partial charge in [-0.3, -0.25) is 0 Å². The van der Waals surface area contributed by atoms with Gasteiger partial charge in [-0.2, -0.15) is 0 Å². The van der Waals surface area contributed by atoms with Gasteiger partial charge in [-0.15, -0.1) is 5.10 Å². The van der Waals surface area contributed by atoms with E-state index in [2.05, 4.69) is 67.3 Å². The summed E-state index contributed by atoms with van der Waals surface area (Å²) in [7, 11) is 1.94. The smallest absolute Gasteiger partial charge is 0.123 e. The maximum Gasteiger partial charge on any atom is 0.123 e. The summed E-state index contributed by atoms with van der Waals surface area (Å²) in [6, 6.07) is 16.5. The molecule has 1 aliphatic rings. The minimum Gasteiger partial charge on any atom is -0.314 e. The Morgan fingerprint density at radius 1 is 1.00 bits per heavy atom. The number of fused-ring (bicyclic) bond motifs is 5. The molecule has 0 radical (unpaired) electrons. The van der Waals surface area contributed by atoms with Crippen LogP contribution in [0.5, 0.6) is 0 Å². The molecule has 0 N–H and O–H groups in total. The van der Waals surface area contributed by atoms with E-state index >= 15 is 0 Å². The third-order valence-electron chi connectivity index (χ3n) is 3.86. The van der Waals surface area contributed by atoms with Crippen molar-refractivity contribution in [1.82, 2.24) is 15.0 Å². The first-order valence-electron chi connectivity index (χ1n) is 8.21. The Morgan fingerprint density at radius 2 is 1.60 bits per heavy atom. The number of aromatic nitrogens is 3. The topological polar surface area (TPSA) is 34.0 Å². The molecule has 5 heteroatoms. The fraction of sp³-hybridized carbons (Fsp3) is 0.300. The Balaban J connectivity index is 0.000000528. The molecule has 25 heavy (non-hydrogen) atoms. The summed E-state index contributed by atoms with van der Waals surface area (Å²) in [6.07, 6.45) is 1.25. The first-order chi connectivity index (χ1) is 11.7. The Bertz CT molecular complexity index is 841. The van der Waals surface area contributed by atoms with E-state index in [1.54, 1.807) is 0 Å². The molecule has 4 rings (SSSR count). The largest absolute Gasteiger partial charge is 0.314 e. The molecule has 1 aliphatic heterocycles. The molecular weight excluding hydrogens is 328 g/mol. The molecule has 1 aromatic heterocycles. The number of thiol groups is 1. The van der Waals surface area contributed by atoms with Crippen LogP contribution in [0, 0.1) is 0 Å². The Labute approximate surface area is 156 Å². The van der Waals surface area contributed by atoms with E-state index in [9.17, 15) is 0 Å². The van der Waals surface area contributed by atoms with Crippen LogP contribution in [0.25, 0.3) is 22.5 Å². The average molecular weight is 355 g/mol. The highest BCUT2D eigenvalue weighted by Gasteiger charge is 2.24. The standard InChI is InChI=1S/C16H14N4S.C3H8.CH4/c1-19-16-12-7-3-2-6-11(12)10-20(21)14-9-5-4-8-13(14)15(16)17-18-19;1-3-2;/h2-9,21H,10H2,1H3;3H2,1-2H3;1H4. The number of benzene rings is 2. The average Bonchev–Trinajstić information content (AvgIpc) is 2.96. The van der Waals surface area contributed by atoms with E-state index in [4.69, 9.17) is 0 Å². The zero-order valence-electron chi connectivity index (χ0n) is 14.3. The number of hydrogen-bond acceptors (Lipinski definition) is 4. The highest BCUT2D eigenvalue weighted by Crippen LogP contribution is 2.40. The summed E-state index contributed by atoms with van der Waals surface area (Å²) >= 11 is 4.66. The van der Waals surface area contributed by atoms with Gasteiger partial charge >= 0.3 is 0 Å². The van der Waals surface area contributed by atoms with Crippen LogP contribution in [0.3, 0.4) is 0 Å². The minimum absolute atomic E-state index is 0. The van der Waals surface area contributed by atoms with Crippen molar-refractivity contribution >= 4 is 18.5 Å². The highest BCUT2D eigenvalue weighted by molar-refractivity contribution is 7.81. The summed E-state index contributed by atoms with van der Waals surface area (Å²) < 4.78 is 3.81. The summed E-state index contributed by atoms with van der Waals surface area (Å²) in [5, 5.41) is 8.61. The van der Waals surface area contributed by atoms with E-state index in [1.807, 2.05) is 34.2 Å². The number of hydrogen-bond donors (Lipinski definition) is 1. The molecule has 2 aromatic carbocycles. The van der Waals surface area contributed by atoms with Gasteiger partial charge in [0.25, 0.3) is 0 Å². The quantitative estimate of drug-likeness (QED) is 0.551. The van der Waals surface area contributed by atoms with E-state index in [0.29, 0.717) is 0 Å². The lowest BCUT2D eigenvalue weighted by atomic mass is 9.97. The van der Waals surface area contributed by atoms with Crippen LogP contribution in [0.2, 0.25) is 0 Å². The van der Waals surface area contributed by atoms with Gasteiger partial charge in [0.15, 0.2) is 0 Å². The molecule has 0 atom stereocenters. The molecule has 0 bridgehead atoms. The SMILES string of the molecule is C.CCC.Cn1nnc2c1-c1ccccc1CN(S)c1ccccc1-2. The van der Waals surface area contributed by atoms with Crippen LogP contribution in [-0.2, 0) is 13.6 Å². The molecule has 4 nitrogen and oxygen atoms in total. The minimum atomic E-state index is 0. The molecular formula is C20H26N4S. The molecule has 2 heterocycles. The number of para-hydroxylation sites is 1. The molecule has 0 spiro atoms. The van der Waals surface area contributed by atoms with Crippen molar-refractivity contribution < 1.29 is 0 Å². The van der Waals surface area contributed by atoms with Crippen LogP contribution >= 0.6 is 12.8 Å². The van der Waals surface area contributed by atoms with Crippen molar-refractivity contribution in [2.24, 2.45) is 7.05 Å². The van der Waals surface area contributed by atoms with Crippen molar-refractivity contribution in [3.05, 3.63) is 54.1 Å². The van der Waals surface area contributed by atoms with E-state index in [1.165, 1.54) is 12.0 Å². The van der Waals surface area contributed by atoms with Gasteiger partial charge in [-0.25, -0.2) is 4.68 Å². The van der Waals surface area contributed by atoms with Crippen molar-refractivity contribution in [2.45, 2.75) is 34.2 Å². The molecule has 3 aromatic rings. The molecule has 132 valence electrons. The normalized spacial score (nSPS) is 11.6. The van der Waals surface area contributed by atoms with Gasteiger partial charge in [0.05, 0.1) is 17.9 Å². The third-order valence-corrected chi connectivity index (χ3v) is 4.21. The molecule has 0 aliphatic carbocycles. The van der Waals surface area contributed by atoms with Crippen LogP contribution in [0.4, 0.5) is 5.69 Å². The Hall–Kier alpha value is -2.27. The zero-order valence-corrected chi connectivity index (χ0v) is 15.2. The number of anilines is 1. The Morgan fingerprint density at radius 3 is 2.32 bits per heavy atom. The van der Waals surface area contributed by atoms with Crippen molar-refractivity contribution in [2.75, 3.05) is 4.31 Å². The van der Waals surface area contributed by atoms with Gasteiger partial charge in [-0.1, -0.05) is 88.2 Å². The maximum absolute atomic E-state index is 4.66. The monoisotopic (exact) mass is 354 g/mol. The van der Waals surface area contributed by atoms with Crippen LogP contribution in [0.15, 0.2) is 48.5 Å². The summed E-state index contributed by atoms with van der Waals surface area (Å²) in [5.74, 6) is 0. The maximum atomic E-state index is 4.66. The van der Waals surface area contributed by atoms with Crippen molar-refractivity contribution in [3.8, 4) is 22.5 Å². The predicted molar refractivity (Wildman–Crippen MR) is 110 cm³/mol. The Kier molecular flexibility index (Phi) is 6.26. The lowest BCUT2D eigenvalue weighted by Gasteiger charge is -2.25. The second-order valence-electron chi connectivity index (χ2n) is 5.85. The van der Waals surface area contributed by atoms with Crippen LogP contribution < -0.4 is 4.31 Å². The fourth-order valence-corrected chi connectivity index (χ4v) is 3.20. The van der Waals surface area contributed by atoms with Gasteiger partial charge < -0.3 is 4.31 Å². The lowest BCUT2D eigenvalue weighted by Crippen LogP contribution is -2.14. The highest BCUT2D eigenvalue weighted by atomic mass is 32.1. The van der Waals surface area contributed by atoms with Crippen LogP contribution in [0.1, 0.15) is 33.3 Å². The summed E-state index contributed by atoms with van der Waals surface area (Å²) in [5.41, 5.74) is 6.45. The zero-order chi connectivity index (χ0) is 17.1. The summed E-state index contributed by atoms with van der Waals surface area (Å²) in [4.78, 5) is 0. The molecule has 0 saturated carbocycles. The van der Waals surface area contributed by atoms with Crippen molar-refractivity contribution in [3.63, 3.8) is 0 Å². The number of aryl methyl sites for hydroxylation is 1. The molecule has 0 unspecified atom stereocenters. The van der Waals surface area contributed by atoms with Crippen molar-refractivity contribution in [1.29, 1.82) is 0 Å². The second kappa shape index (κ2) is 8.21. The fourth-order valence-electron chi connectivity index (χ4n) is 2.88. The van der Waals surface area contributed by atoms with Gasteiger partial charge in [0, 0.05) is 18.2 Å². The molecule has 0 amide bonds. The summed E-state index contributed by atoms with van der Waals surface area (Å²) in [6.45, 7) is 4.99. The number of nitrogens with zero attached hydrogens (tertiary/aromatic N) is 4. The number of rotatable bonds is 0. The van der Waals surface area contributed by atoms with E-state index < -0.39 is 0 Å².